The predicted octanol–water partition coefficient (Wildman–Crippen LogP) is 3.30. The molecule has 1 aromatic heterocycles. The van der Waals surface area contributed by atoms with Crippen molar-refractivity contribution in [3.05, 3.63) is 11.9 Å². The van der Waals surface area contributed by atoms with E-state index in [1.165, 1.54) is 6.42 Å². The average Bonchev–Trinajstić information content (AvgIpc) is 2.36. The summed E-state index contributed by atoms with van der Waals surface area (Å²) in [5.41, 5.74) is -0.0428. The van der Waals surface area contributed by atoms with Gasteiger partial charge in [0.05, 0.1) is 0 Å². The van der Waals surface area contributed by atoms with Crippen LogP contribution in [0.4, 0.5) is 11.6 Å². The van der Waals surface area contributed by atoms with Gasteiger partial charge in [0.2, 0.25) is 0 Å². The van der Waals surface area contributed by atoms with Gasteiger partial charge in [-0.15, -0.1) is 0 Å². The summed E-state index contributed by atoms with van der Waals surface area (Å²) in [4.78, 5) is 11.5. The third-order valence-corrected chi connectivity index (χ3v) is 3.31. The zero-order chi connectivity index (χ0) is 14.6. The van der Waals surface area contributed by atoms with Crippen LogP contribution in [-0.4, -0.2) is 30.6 Å². The highest BCUT2D eigenvalue weighted by Crippen LogP contribution is 2.24. The highest BCUT2D eigenvalue weighted by atomic mass is 15.2. The van der Waals surface area contributed by atoms with E-state index in [-0.39, 0.29) is 5.41 Å². The van der Waals surface area contributed by atoms with E-state index in [0.29, 0.717) is 5.92 Å². The first-order valence-electron chi connectivity index (χ1n) is 7.06. The van der Waals surface area contributed by atoms with Crippen molar-refractivity contribution < 1.29 is 0 Å². The Hall–Kier alpha value is -1.32. The van der Waals surface area contributed by atoms with Gasteiger partial charge in [0.15, 0.2) is 0 Å². The number of nitrogens with zero attached hydrogens (tertiary/aromatic N) is 3. The average molecular weight is 264 g/mol. The minimum absolute atomic E-state index is 0.0428. The zero-order valence-electron chi connectivity index (χ0n) is 13.4. The van der Waals surface area contributed by atoms with Gasteiger partial charge in [-0.05, 0) is 5.92 Å². The summed E-state index contributed by atoms with van der Waals surface area (Å²) in [7, 11) is 3.99. The van der Waals surface area contributed by atoms with Crippen LogP contribution in [0.25, 0.3) is 0 Å². The van der Waals surface area contributed by atoms with Gasteiger partial charge in [0.1, 0.15) is 17.5 Å². The molecule has 1 aromatic rings. The second kappa shape index (κ2) is 6.22. The zero-order valence-corrected chi connectivity index (χ0v) is 13.4. The number of hydrogen-bond acceptors (Lipinski definition) is 4. The Morgan fingerprint density at radius 2 is 1.95 bits per heavy atom. The van der Waals surface area contributed by atoms with Crippen molar-refractivity contribution in [2.24, 2.45) is 5.92 Å². The van der Waals surface area contributed by atoms with E-state index in [4.69, 9.17) is 4.98 Å². The van der Waals surface area contributed by atoms with E-state index in [9.17, 15) is 0 Å². The van der Waals surface area contributed by atoms with Crippen molar-refractivity contribution in [1.82, 2.24) is 9.97 Å². The molecule has 1 rings (SSSR count). The standard InChI is InChI=1S/C15H28N4/c1-8-11(2)10-19(7)13-9-12(16-6)17-14(18-13)15(3,4)5/h9,11H,8,10H2,1-7H3,(H,16,17,18). The maximum atomic E-state index is 4.71. The Morgan fingerprint density at radius 1 is 1.32 bits per heavy atom. The molecule has 4 nitrogen and oxygen atoms in total. The molecule has 1 atom stereocenters. The Balaban J connectivity index is 3.06. The molecular weight excluding hydrogens is 236 g/mol. The van der Waals surface area contributed by atoms with E-state index >= 15 is 0 Å². The minimum atomic E-state index is -0.0428. The van der Waals surface area contributed by atoms with Crippen LogP contribution in [0.2, 0.25) is 0 Å². The summed E-state index contributed by atoms with van der Waals surface area (Å²) in [5, 5.41) is 3.12. The molecular formula is C15H28N4. The molecule has 0 aliphatic rings. The van der Waals surface area contributed by atoms with E-state index in [1.54, 1.807) is 0 Å². The highest BCUT2D eigenvalue weighted by Gasteiger charge is 2.20. The van der Waals surface area contributed by atoms with Gasteiger partial charge >= 0.3 is 0 Å². The first kappa shape index (κ1) is 15.7. The lowest BCUT2D eigenvalue weighted by molar-refractivity contribution is 0.537. The maximum Gasteiger partial charge on any atom is 0.138 e. The molecule has 0 aliphatic carbocycles. The van der Waals surface area contributed by atoms with Crippen molar-refractivity contribution in [1.29, 1.82) is 0 Å². The van der Waals surface area contributed by atoms with Crippen molar-refractivity contribution in [2.45, 2.75) is 46.5 Å². The second-order valence-corrected chi connectivity index (χ2v) is 6.33. The first-order valence-corrected chi connectivity index (χ1v) is 7.06. The van der Waals surface area contributed by atoms with Crippen molar-refractivity contribution in [3.8, 4) is 0 Å². The van der Waals surface area contributed by atoms with Gasteiger partial charge < -0.3 is 10.2 Å². The molecule has 1 unspecified atom stereocenters. The molecule has 0 aliphatic heterocycles. The largest absolute Gasteiger partial charge is 0.373 e. The van der Waals surface area contributed by atoms with Crippen LogP contribution in [0.1, 0.15) is 46.9 Å². The van der Waals surface area contributed by atoms with Crippen LogP contribution in [0, 0.1) is 5.92 Å². The lowest BCUT2D eigenvalue weighted by Gasteiger charge is -2.25. The van der Waals surface area contributed by atoms with Gasteiger partial charge in [-0.2, -0.15) is 0 Å². The van der Waals surface area contributed by atoms with E-state index in [2.05, 4.69) is 56.9 Å². The summed E-state index contributed by atoms with van der Waals surface area (Å²) in [6.07, 6.45) is 1.18. The fourth-order valence-electron chi connectivity index (χ4n) is 1.78. The molecule has 0 saturated carbocycles. The third kappa shape index (κ3) is 4.37. The molecule has 0 spiro atoms. The molecule has 1 heterocycles. The SMILES string of the molecule is CCC(C)CN(C)c1cc(NC)nc(C(C)(C)C)n1. The molecule has 0 radical (unpaired) electrons. The Morgan fingerprint density at radius 3 is 2.42 bits per heavy atom. The number of aromatic nitrogens is 2. The Kier molecular flexibility index (Phi) is 5.15. The number of anilines is 2. The Labute approximate surface area is 117 Å². The molecule has 0 bridgehead atoms. The van der Waals surface area contributed by atoms with Gasteiger partial charge in [-0.3, -0.25) is 0 Å². The summed E-state index contributed by atoms with van der Waals surface area (Å²) in [5.74, 6) is 3.41. The second-order valence-electron chi connectivity index (χ2n) is 6.33. The molecule has 1 N–H and O–H groups in total. The van der Waals surface area contributed by atoms with Gasteiger partial charge in [-0.1, -0.05) is 41.0 Å². The molecule has 4 heteroatoms. The van der Waals surface area contributed by atoms with Crippen LogP contribution in [-0.2, 0) is 5.41 Å². The topological polar surface area (TPSA) is 41.0 Å². The number of nitrogens with one attached hydrogen (secondary N) is 1. The van der Waals surface area contributed by atoms with Crippen LogP contribution in [0.5, 0.6) is 0 Å². The molecule has 0 aromatic carbocycles. The van der Waals surface area contributed by atoms with Crippen LogP contribution in [0.3, 0.4) is 0 Å². The monoisotopic (exact) mass is 264 g/mol. The van der Waals surface area contributed by atoms with E-state index in [0.717, 1.165) is 24.0 Å². The number of hydrogen-bond donors (Lipinski definition) is 1. The first-order chi connectivity index (χ1) is 8.77. The predicted molar refractivity (Wildman–Crippen MR) is 83.0 cm³/mol. The molecule has 0 saturated heterocycles. The van der Waals surface area contributed by atoms with E-state index in [1.807, 2.05) is 13.1 Å². The quantitative estimate of drug-likeness (QED) is 0.886. The van der Waals surface area contributed by atoms with Crippen LogP contribution < -0.4 is 10.2 Å². The van der Waals surface area contributed by atoms with Crippen molar-refractivity contribution in [3.63, 3.8) is 0 Å². The fraction of sp³-hybridized carbons (Fsp3) is 0.733. The summed E-state index contributed by atoms with van der Waals surface area (Å²) in [6, 6.07) is 2.01. The normalized spacial score (nSPS) is 13.2. The Bertz CT molecular complexity index is 409. The van der Waals surface area contributed by atoms with Gasteiger partial charge in [-0.25, -0.2) is 9.97 Å². The van der Waals surface area contributed by atoms with Gasteiger partial charge in [0.25, 0.3) is 0 Å². The van der Waals surface area contributed by atoms with Gasteiger partial charge in [0, 0.05) is 32.1 Å². The summed E-state index contributed by atoms with van der Waals surface area (Å²) in [6.45, 7) is 11.9. The minimum Gasteiger partial charge on any atom is -0.373 e. The van der Waals surface area contributed by atoms with Crippen LogP contribution >= 0.6 is 0 Å². The van der Waals surface area contributed by atoms with Crippen molar-refractivity contribution in [2.75, 3.05) is 30.9 Å². The lowest BCUT2D eigenvalue weighted by atomic mass is 9.96. The van der Waals surface area contributed by atoms with Crippen molar-refractivity contribution >= 4 is 11.6 Å². The van der Waals surface area contributed by atoms with E-state index < -0.39 is 0 Å². The molecule has 19 heavy (non-hydrogen) atoms. The molecule has 0 amide bonds. The number of rotatable bonds is 5. The maximum absolute atomic E-state index is 4.71. The highest BCUT2D eigenvalue weighted by molar-refractivity contribution is 5.49. The summed E-state index contributed by atoms with van der Waals surface area (Å²) < 4.78 is 0. The third-order valence-electron chi connectivity index (χ3n) is 3.31. The smallest absolute Gasteiger partial charge is 0.138 e. The molecule has 108 valence electrons. The fourth-order valence-corrected chi connectivity index (χ4v) is 1.78. The molecule has 0 fully saturated rings. The van der Waals surface area contributed by atoms with Crippen LogP contribution in [0.15, 0.2) is 6.07 Å². The lowest BCUT2D eigenvalue weighted by Crippen LogP contribution is -2.26. The summed E-state index contributed by atoms with van der Waals surface area (Å²) >= 11 is 0.